The van der Waals surface area contributed by atoms with Gasteiger partial charge in [0.05, 0.1) is 0 Å². The van der Waals surface area contributed by atoms with Crippen molar-refractivity contribution in [3.63, 3.8) is 0 Å². The van der Waals surface area contributed by atoms with E-state index in [0.29, 0.717) is 6.54 Å². The van der Waals surface area contributed by atoms with E-state index >= 15 is 0 Å². The Labute approximate surface area is 103 Å². The average molecular weight is 240 g/mol. The molecule has 0 aliphatic heterocycles. The lowest BCUT2D eigenvalue weighted by Gasteiger charge is -2.19. The van der Waals surface area contributed by atoms with E-state index < -0.39 is 0 Å². The smallest absolute Gasteiger partial charge is 0.0274 e. The number of thiophene rings is 1. The van der Waals surface area contributed by atoms with Crippen molar-refractivity contribution in [2.24, 2.45) is 5.73 Å². The predicted octanol–water partition coefficient (Wildman–Crippen LogP) is 3.14. The molecule has 1 aromatic rings. The molecule has 2 nitrogen and oxygen atoms in total. The van der Waals surface area contributed by atoms with E-state index in [1.165, 1.54) is 34.7 Å². The zero-order chi connectivity index (χ0) is 12.0. The van der Waals surface area contributed by atoms with Gasteiger partial charge in [0.25, 0.3) is 0 Å². The molecule has 1 heterocycles. The van der Waals surface area contributed by atoms with E-state index in [-0.39, 0.29) is 0 Å². The first-order valence-electron chi connectivity index (χ1n) is 6.21. The van der Waals surface area contributed by atoms with Crippen LogP contribution in [0, 0.1) is 6.92 Å². The molecule has 0 fully saturated rings. The van der Waals surface area contributed by atoms with Crippen molar-refractivity contribution in [1.82, 2.24) is 4.90 Å². The quantitative estimate of drug-likeness (QED) is 0.793. The highest BCUT2D eigenvalue weighted by molar-refractivity contribution is 7.12. The number of hydrogen-bond donors (Lipinski definition) is 1. The number of hydrogen-bond acceptors (Lipinski definition) is 3. The van der Waals surface area contributed by atoms with Gasteiger partial charge in [0.15, 0.2) is 0 Å². The molecule has 0 aromatic carbocycles. The molecule has 1 aromatic heterocycles. The van der Waals surface area contributed by atoms with Gasteiger partial charge in [-0.3, -0.25) is 4.90 Å². The second-order valence-corrected chi connectivity index (χ2v) is 5.56. The van der Waals surface area contributed by atoms with Gasteiger partial charge in [0.2, 0.25) is 0 Å². The summed E-state index contributed by atoms with van der Waals surface area (Å²) < 4.78 is 0. The van der Waals surface area contributed by atoms with Crippen molar-refractivity contribution < 1.29 is 0 Å². The lowest BCUT2D eigenvalue weighted by Crippen LogP contribution is -2.23. The Kier molecular flexibility index (Phi) is 6.03. The highest BCUT2D eigenvalue weighted by atomic mass is 32.1. The van der Waals surface area contributed by atoms with Gasteiger partial charge in [-0.25, -0.2) is 0 Å². The van der Waals surface area contributed by atoms with E-state index in [0.717, 1.165) is 13.1 Å². The Hall–Kier alpha value is -0.380. The number of nitrogens with zero attached hydrogens (tertiary/aromatic N) is 1. The topological polar surface area (TPSA) is 29.3 Å². The van der Waals surface area contributed by atoms with Crippen molar-refractivity contribution in [3.05, 3.63) is 21.4 Å². The van der Waals surface area contributed by atoms with Gasteiger partial charge in [0, 0.05) is 22.8 Å². The van der Waals surface area contributed by atoms with E-state index in [4.69, 9.17) is 5.73 Å². The highest BCUT2D eigenvalue weighted by Crippen LogP contribution is 2.22. The highest BCUT2D eigenvalue weighted by Gasteiger charge is 2.08. The third-order valence-electron chi connectivity index (χ3n) is 2.94. The fourth-order valence-electron chi connectivity index (χ4n) is 1.82. The maximum Gasteiger partial charge on any atom is 0.0274 e. The first kappa shape index (κ1) is 13.7. The summed E-state index contributed by atoms with van der Waals surface area (Å²) in [5, 5.41) is 0. The molecule has 2 N–H and O–H groups in total. The monoisotopic (exact) mass is 240 g/mol. The summed E-state index contributed by atoms with van der Waals surface area (Å²) in [7, 11) is 0. The predicted molar refractivity (Wildman–Crippen MR) is 72.8 cm³/mol. The molecule has 92 valence electrons. The fraction of sp³-hybridized carbons (Fsp3) is 0.692. The first-order valence-corrected chi connectivity index (χ1v) is 7.03. The normalized spacial score (nSPS) is 11.3. The van der Waals surface area contributed by atoms with Crippen molar-refractivity contribution >= 4 is 11.3 Å². The van der Waals surface area contributed by atoms with Gasteiger partial charge >= 0.3 is 0 Å². The van der Waals surface area contributed by atoms with Crippen molar-refractivity contribution in [3.8, 4) is 0 Å². The first-order chi connectivity index (χ1) is 7.71. The Morgan fingerprint density at radius 2 is 2.12 bits per heavy atom. The van der Waals surface area contributed by atoms with Gasteiger partial charge in [-0.05, 0) is 38.1 Å². The van der Waals surface area contributed by atoms with Gasteiger partial charge in [-0.1, -0.05) is 20.3 Å². The molecule has 0 aliphatic rings. The molecule has 0 aliphatic carbocycles. The minimum absolute atomic E-state index is 0.673. The zero-order valence-electron chi connectivity index (χ0n) is 10.8. The molecule has 3 heteroatoms. The molecular weight excluding hydrogens is 216 g/mol. The largest absolute Gasteiger partial charge is 0.326 e. The third-order valence-corrected chi connectivity index (χ3v) is 4.06. The van der Waals surface area contributed by atoms with Crippen LogP contribution in [-0.4, -0.2) is 18.0 Å². The van der Waals surface area contributed by atoms with Crippen LogP contribution < -0.4 is 5.73 Å². The van der Waals surface area contributed by atoms with Crippen molar-refractivity contribution in [1.29, 1.82) is 0 Å². The maximum atomic E-state index is 5.67. The van der Waals surface area contributed by atoms with Crippen LogP contribution in [0.2, 0.25) is 0 Å². The van der Waals surface area contributed by atoms with Crippen LogP contribution >= 0.6 is 11.3 Å². The third kappa shape index (κ3) is 3.89. The summed E-state index contributed by atoms with van der Waals surface area (Å²) >= 11 is 1.84. The summed E-state index contributed by atoms with van der Waals surface area (Å²) in [5.74, 6) is 0. The standard InChI is InChI=1S/C13H24N2S/c1-4-6-7-15(5-2)10-12-8-13(9-14)16-11(12)3/h8H,4-7,9-10,14H2,1-3H3. The van der Waals surface area contributed by atoms with Gasteiger partial charge < -0.3 is 5.73 Å². The van der Waals surface area contributed by atoms with E-state index in [2.05, 4.69) is 31.7 Å². The zero-order valence-corrected chi connectivity index (χ0v) is 11.6. The molecular formula is C13H24N2S. The molecule has 0 bridgehead atoms. The number of rotatable bonds is 7. The molecule has 0 saturated carbocycles. The molecule has 0 unspecified atom stereocenters. The average Bonchev–Trinajstić information content (AvgIpc) is 2.65. The van der Waals surface area contributed by atoms with Crippen LogP contribution in [0.4, 0.5) is 0 Å². The molecule has 0 saturated heterocycles. The lowest BCUT2D eigenvalue weighted by atomic mass is 10.2. The Morgan fingerprint density at radius 1 is 1.38 bits per heavy atom. The van der Waals surface area contributed by atoms with Crippen LogP contribution in [0.25, 0.3) is 0 Å². The van der Waals surface area contributed by atoms with E-state index in [9.17, 15) is 0 Å². The van der Waals surface area contributed by atoms with E-state index in [1.807, 2.05) is 11.3 Å². The number of nitrogens with two attached hydrogens (primary N) is 1. The second kappa shape index (κ2) is 7.05. The molecule has 0 spiro atoms. The van der Waals surface area contributed by atoms with E-state index in [1.54, 1.807) is 0 Å². The summed E-state index contributed by atoms with van der Waals surface area (Å²) in [4.78, 5) is 5.24. The number of unbranched alkanes of at least 4 members (excludes halogenated alkanes) is 1. The summed E-state index contributed by atoms with van der Waals surface area (Å²) in [6.45, 7) is 10.8. The Balaban J connectivity index is 2.58. The number of aryl methyl sites for hydroxylation is 1. The molecule has 0 atom stereocenters. The summed E-state index contributed by atoms with van der Waals surface area (Å²) in [5.41, 5.74) is 7.13. The van der Waals surface area contributed by atoms with Crippen molar-refractivity contribution in [2.45, 2.75) is 46.7 Å². The Morgan fingerprint density at radius 3 is 2.62 bits per heavy atom. The lowest BCUT2D eigenvalue weighted by molar-refractivity contribution is 0.275. The molecule has 0 radical (unpaired) electrons. The SMILES string of the molecule is CCCCN(CC)Cc1cc(CN)sc1C. The van der Waals surface area contributed by atoms with Gasteiger partial charge in [-0.2, -0.15) is 0 Å². The van der Waals surface area contributed by atoms with Crippen molar-refractivity contribution in [2.75, 3.05) is 13.1 Å². The molecule has 1 rings (SSSR count). The molecule has 16 heavy (non-hydrogen) atoms. The van der Waals surface area contributed by atoms with Gasteiger partial charge in [0.1, 0.15) is 0 Å². The van der Waals surface area contributed by atoms with Gasteiger partial charge in [-0.15, -0.1) is 11.3 Å². The minimum Gasteiger partial charge on any atom is -0.326 e. The second-order valence-electron chi connectivity index (χ2n) is 4.22. The fourth-order valence-corrected chi connectivity index (χ4v) is 2.75. The van der Waals surface area contributed by atoms with Crippen LogP contribution in [0.1, 0.15) is 42.0 Å². The minimum atomic E-state index is 0.673. The molecule has 0 amide bonds. The van der Waals surface area contributed by atoms with Crippen LogP contribution in [0.3, 0.4) is 0 Å². The maximum absolute atomic E-state index is 5.67. The van der Waals surface area contributed by atoms with Crippen LogP contribution in [0.15, 0.2) is 6.07 Å². The summed E-state index contributed by atoms with van der Waals surface area (Å²) in [6, 6.07) is 2.27. The van der Waals surface area contributed by atoms with Crippen LogP contribution in [-0.2, 0) is 13.1 Å². The summed E-state index contributed by atoms with van der Waals surface area (Å²) in [6.07, 6.45) is 2.56. The van der Waals surface area contributed by atoms with Crippen LogP contribution in [0.5, 0.6) is 0 Å². The Bertz CT molecular complexity index is 307.